The van der Waals surface area contributed by atoms with E-state index >= 15 is 0 Å². The van der Waals surface area contributed by atoms with Crippen LogP contribution in [0.15, 0.2) is 27.4 Å². The first-order valence-corrected chi connectivity index (χ1v) is 4.45. The Morgan fingerprint density at radius 3 is 2.75 bits per heavy atom. The van der Waals surface area contributed by atoms with E-state index in [9.17, 15) is 14.9 Å². The molecule has 1 N–H and O–H groups in total. The van der Waals surface area contributed by atoms with Crippen LogP contribution in [-0.2, 0) is 0 Å². The van der Waals surface area contributed by atoms with Gasteiger partial charge in [-0.25, -0.2) is 9.89 Å². The maximum atomic E-state index is 10.7. The number of H-pyrrole nitrogens is 1. The van der Waals surface area contributed by atoms with E-state index in [1.807, 2.05) is 0 Å². The molecule has 0 bridgehead atoms. The van der Waals surface area contributed by atoms with Crippen molar-refractivity contribution in [2.75, 3.05) is 0 Å². The zero-order valence-electron chi connectivity index (χ0n) is 7.64. The highest BCUT2D eigenvalue weighted by Gasteiger charge is 2.14. The van der Waals surface area contributed by atoms with Crippen LogP contribution in [0.2, 0.25) is 5.02 Å². The van der Waals surface area contributed by atoms with E-state index in [1.54, 1.807) is 0 Å². The number of nitro groups is 1. The van der Waals surface area contributed by atoms with Crippen LogP contribution in [0.3, 0.4) is 0 Å². The smallest absolute Gasteiger partial charge is 0.388 e. The molecule has 0 radical (unpaired) electrons. The van der Waals surface area contributed by atoms with Crippen molar-refractivity contribution in [3.05, 3.63) is 43.9 Å². The molecule has 16 heavy (non-hydrogen) atoms. The Labute approximate surface area is 92.8 Å². The van der Waals surface area contributed by atoms with E-state index in [-0.39, 0.29) is 16.6 Å². The average Bonchev–Trinajstić information content (AvgIpc) is 2.64. The molecule has 7 nitrogen and oxygen atoms in total. The van der Waals surface area contributed by atoms with E-state index in [0.717, 1.165) is 6.07 Å². The largest absolute Gasteiger partial charge is 0.434 e. The highest BCUT2D eigenvalue weighted by molar-refractivity contribution is 6.33. The van der Waals surface area contributed by atoms with Gasteiger partial charge in [0, 0.05) is 12.1 Å². The van der Waals surface area contributed by atoms with Gasteiger partial charge in [0.05, 0.1) is 15.5 Å². The molecule has 0 fully saturated rings. The van der Waals surface area contributed by atoms with Crippen molar-refractivity contribution in [3.8, 4) is 11.5 Å². The average molecular weight is 242 g/mol. The lowest BCUT2D eigenvalue weighted by molar-refractivity contribution is -0.384. The molecule has 0 spiro atoms. The van der Waals surface area contributed by atoms with Crippen molar-refractivity contribution in [3.63, 3.8) is 0 Å². The lowest BCUT2D eigenvalue weighted by atomic mass is 10.2. The maximum absolute atomic E-state index is 10.7. The van der Waals surface area contributed by atoms with E-state index in [2.05, 4.69) is 14.6 Å². The van der Waals surface area contributed by atoms with Gasteiger partial charge in [-0.05, 0) is 6.07 Å². The van der Waals surface area contributed by atoms with Gasteiger partial charge in [0.1, 0.15) is 0 Å². The second-order valence-corrected chi connectivity index (χ2v) is 3.25. The van der Waals surface area contributed by atoms with Gasteiger partial charge in [0.2, 0.25) is 0 Å². The summed E-state index contributed by atoms with van der Waals surface area (Å²) in [5, 5.41) is 16.2. The number of non-ortho nitro benzene ring substituents is 1. The summed E-state index contributed by atoms with van der Waals surface area (Å²) in [4.78, 5) is 20.6. The lowest BCUT2D eigenvalue weighted by Crippen LogP contribution is -1.93. The van der Waals surface area contributed by atoms with Crippen LogP contribution in [0, 0.1) is 10.1 Å². The Kier molecular flexibility index (Phi) is 2.45. The Balaban J connectivity index is 2.51. The van der Waals surface area contributed by atoms with Crippen molar-refractivity contribution in [2.24, 2.45) is 0 Å². The molecule has 0 saturated carbocycles. The highest BCUT2D eigenvalue weighted by Crippen LogP contribution is 2.28. The fourth-order valence-electron chi connectivity index (χ4n) is 1.14. The van der Waals surface area contributed by atoms with Crippen molar-refractivity contribution in [1.82, 2.24) is 10.2 Å². The quantitative estimate of drug-likeness (QED) is 0.635. The molecule has 0 unspecified atom stereocenters. The van der Waals surface area contributed by atoms with Crippen LogP contribution in [0.4, 0.5) is 5.69 Å². The van der Waals surface area contributed by atoms with E-state index < -0.39 is 10.7 Å². The van der Waals surface area contributed by atoms with Crippen LogP contribution >= 0.6 is 11.6 Å². The Morgan fingerprint density at radius 2 is 2.25 bits per heavy atom. The molecule has 2 rings (SSSR count). The topological polar surface area (TPSA) is 102 Å². The van der Waals surface area contributed by atoms with Crippen molar-refractivity contribution in [1.29, 1.82) is 0 Å². The van der Waals surface area contributed by atoms with Gasteiger partial charge in [-0.1, -0.05) is 11.6 Å². The van der Waals surface area contributed by atoms with Gasteiger partial charge < -0.3 is 4.42 Å². The Morgan fingerprint density at radius 1 is 1.50 bits per heavy atom. The summed E-state index contributed by atoms with van der Waals surface area (Å²) < 4.78 is 4.67. The summed E-state index contributed by atoms with van der Waals surface area (Å²) in [7, 11) is 0. The molecule has 0 aliphatic heterocycles. The summed E-state index contributed by atoms with van der Waals surface area (Å²) in [5.74, 6) is -0.727. The normalized spacial score (nSPS) is 10.3. The predicted octanol–water partition coefficient (Wildman–Crippen LogP) is 1.59. The first-order chi connectivity index (χ1) is 7.58. The molecule has 0 aliphatic rings. The van der Waals surface area contributed by atoms with Crippen molar-refractivity contribution >= 4 is 17.3 Å². The minimum absolute atomic E-state index is 0.00935. The van der Waals surface area contributed by atoms with Gasteiger partial charge in [-0.15, -0.1) is 5.10 Å². The van der Waals surface area contributed by atoms with Crippen LogP contribution in [0.5, 0.6) is 0 Å². The monoisotopic (exact) mass is 241 g/mol. The standard InChI is InChI=1S/C8H4ClN3O4/c9-6-3-4(12(14)15)1-2-5(6)7-10-11-8(13)16-7/h1-3H,(H,11,13). The summed E-state index contributed by atoms with van der Waals surface area (Å²) in [6.07, 6.45) is 0. The SMILES string of the molecule is O=c1[nH]nc(-c2ccc([N+](=O)[O-])cc2Cl)o1. The molecule has 1 heterocycles. The van der Waals surface area contributed by atoms with E-state index in [0.29, 0.717) is 5.56 Å². The number of nitrogens with zero attached hydrogens (tertiary/aromatic N) is 2. The molecular weight excluding hydrogens is 238 g/mol. The Bertz CT molecular complexity index is 603. The van der Waals surface area contributed by atoms with E-state index in [4.69, 9.17) is 11.6 Å². The molecule has 1 aromatic carbocycles. The third-order valence-electron chi connectivity index (χ3n) is 1.83. The highest BCUT2D eigenvalue weighted by atomic mass is 35.5. The third-order valence-corrected chi connectivity index (χ3v) is 2.14. The number of nitro benzene ring substituents is 1. The molecular formula is C8H4ClN3O4. The van der Waals surface area contributed by atoms with Crippen LogP contribution < -0.4 is 5.76 Å². The van der Waals surface area contributed by atoms with Gasteiger partial charge in [-0.3, -0.25) is 10.1 Å². The summed E-state index contributed by atoms with van der Waals surface area (Å²) in [6.45, 7) is 0. The number of halogens is 1. The third kappa shape index (κ3) is 1.80. The first kappa shape index (κ1) is 10.4. The number of aromatic amines is 1. The fraction of sp³-hybridized carbons (Fsp3) is 0. The predicted molar refractivity (Wildman–Crippen MR) is 54.2 cm³/mol. The molecule has 8 heteroatoms. The van der Waals surface area contributed by atoms with Gasteiger partial charge in [0.15, 0.2) is 0 Å². The minimum atomic E-state index is -0.718. The number of benzene rings is 1. The van der Waals surface area contributed by atoms with Crippen LogP contribution in [0.25, 0.3) is 11.5 Å². The fourth-order valence-corrected chi connectivity index (χ4v) is 1.39. The summed E-state index contributed by atoms with van der Waals surface area (Å²) >= 11 is 5.80. The number of hydrogen-bond donors (Lipinski definition) is 1. The Hall–Kier alpha value is -2.15. The lowest BCUT2D eigenvalue weighted by Gasteiger charge is -1.97. The number of nitrogens with one attached hydrogen (secondary N) is 1. The van der Waals surface area contributed by atoms with Crippen molar-refractivity contribution < 1.29 is 9.34 Å². The molecule has 82 valence electrons. The van der Waals surface area contributed by atoms with E-state index in [1.165, 1.54) is 12.1 Å². The summed E-state index contributed by atoms with van der Waals surface area (Å²) in [5.41, 5.74) is 0.164. The first-order valence-electron chi connectivity index (χ1n) is 4.08. The van der Waals surface area contributed by atoms with Gasteiger partial charge >= 0.3 is 5.76 Å². The van der Waals surface area contributed by atoms with Crippen LogP contribution in [-0.4, -0.2) is 15.1 Å². The number of rotatable bonds is 2. The second kappa shape index (κ2) is 3.78. The van der Waals surface area contributed by atoms with Crippen LogP contribution in [0.1, 0.15) is 0 Å². The molecule has 0 saturated heterocycles. The molecule has 0 amide bonds. The number of aromatic nitrogens is 2. The zero-order chi connectivity index (χ0) is 11.7. The molecule has 1 aromatic heterocycles. The molecule has 0 atom stereocenters. The van der Waals surface area contributed by atoms with Crippen molar-refractivity contribution in [2.45, 2.75) is 0 Å². The number of hydrogen-bond acceptors (Lipinski definition) is 5. The minimum Gasteiger partial charge on any atom is -0.388 e. The zero-order valence-corrected chi connectivity index (χ0v) is 8.39. The second-order valence-electron chi connectivity index (χ2n) is 2.84. The maximum Gasteiger partial charge on any atom is 0.434 e. The molecule has 2 aromatic rings. The summed E-state index contributed by atoms with van der Waals surface area (Å²) in [6, 6.07) is 3.76. The van der Waals surface area contributed by atoms with Gasteiger partial charge in [-0.2, -0.15) is 0 Å². The van der Waals surface area contributed by atoms with Gasteiger partial charge in [0.25, 0.3) is 11.6 Å². The molecule has 0 aliphatic carbocycles.